The minimum atomic E-state index is 0.209. The summed E-state index contributed by atoms with van der Waals surface area (Å²) >= 11 is 0. The molecule has 0 radical (unpaired) electrons. The predicted molar refractivity (Wildman–Crippen MR) is 123 cm³/mol. The highest BCUT2D eigenvalue weighted by atomic mass is 16.5. The maximum absolute atomic E-state index is 11.7. The molecule has 0 aliphatic heterocycles. The maximum atomic E-state index is 11.7. The zero-order valence-corrected chi connectivity index (χ0v) is 17.8. The van der Waals surface area contributed by atoms with Crippen LogP contribution in [0.2, 0.25) is 0 Å². The molecule has 1 fully saturated rings. The standard InChI is InChI=1S/C25H24N4O3/c1-31-22-13-16(7-12-21(22)32-19-5-3-2-4-6-19)20-14-29(17-8-10-18(30)11-9-17)25-23(20)24(26)27-15-28-25/h2-7,12-15,17H,8-11H2,1H3,(H2,26,27,28). The Bertz CT molecular complexity index is 1270. The third kappa shape index (κ3) is 3.66. The molecule has 0 unspecified atom stereocenters. The predicted octanol–water partition coefficient (Wildman–Crippen LogP) is 5.17. The molecule has 0 amide bonds. The first-order valence-corrected chi connectivity index (χ1v) is 10.7. The number of Topliss-reactive ketones (excluding diaryl/α,β-unsaturated/α-hetero) is 1. The first-order valence-electron chi connectivity index (χ1n) is 10.7. The summed E-state index contributed by atoms with van der Waals surface area (Å²) in [5.41, 5.74) is 8.94. The normalized spacial score (nSPS) is 14.6. The second-order valence-corrected chi connectivity index (χ2v) is 7.96. The molecule has 0 bridgehead atoms. The van der Waals surface area contributed by atoms with Crippen molar-refractivity contribution in [3.63, 3.8) is 0 Å². The summed E-state index contributed by atoms with van der Waals surface area (Å²) in [6.45, 7) is 0. The van der Waals surface area contributed by atoms with Crippen molar-refractivity contribution in [1.29, 1.82) is 0 Å². The molecule has 162 valence electrons. The van der Waals surface area contributed by atoms with Crippen LogP contribution in [0, 0.1) is 0 Å². The van der Waals surface area contributed by atoms with Crippen LogP contribution < -0.4 is 15.2 Å². The number of para-hydroxylation sites is 1. The van der Waals surface area contributed by atoms with Crippen LogP contribution >= 0.6 is 0 Å². The molecule has 32 heavy (non-hydrogen) atoms. The number of nitrogens with two attached hydrogens (primary N) is 1. The SMILES string of the molecule is COc1cc(-c2cn(C3CCC(=O)CC3)c3ncnc(N)c23)ccc1Oc1ccccc1. The van der Waals surface area contributed by atoms with Gasteiger partial charge in [0, 0.05) is 30.6 Å². The molecular weight excluding hydrogens is 404 g/mol. The number of hydrogen-bond donors (Lipinski definition) is 1. The number of fused-ring (bicyclic) bond motifs is 1. The molecule has 2 heterocycles. The Hall–Kier alpha value is -3.87. The lowest BCUT2D eigenvalue weighted by atomic mass is 9.94. The van der Waals surface area contributed by atoms with Gasteiger partial charge < -0.3 is 19.8 Å². The van der Waals surface area contributed by atoms with E-state index in [-0.39, 0.29) is 6.04 Å². The van der Waals surface area contributed by atoms with E-state index in [1.807, 2.05) is 48.5 Å². The summed E-state index contributed by atoms with van der Waals surface area (Å²) in [6, 6.07) is 15.6. The highest BCUT2D eigenvalue weighted by Crippen LogP contribution is 2.41. The van der Waals surface area contributed by atoms with E-state index in [2.05, 4.69) is 20.7 Å². The van der Waals surface area contributed by atoms with Gasteiger partial charge in [-0.25, -0.2) is 9.97 Å². The van der Waals surface area contributed by atoms with Gasteiger partial charge in [0.05, 0.1) is 12.5 Å². The van der Waals surface area contributed by atoms with E-state index in [4.69, 9.17) is 15.2 Å². The summed E-state index contributed by atoms with van der Waals surface area (Å²) < 4.78 is 13.8. The Morgan fingerprint density at radius 2 is 1.81 bits per heavy atom. The number of ether oxygens (including phenoxy) is 2. The number of anilines is 1. The molecule has 0 spiro atoms. The third-order valence-corrected chi connectivity index (χ3v) is 5.99. The van der Waals surface area contributed by atoms with Gasteiger partial charge in [-0.05, 0) is 42.7 Å². The van der Waals surface area contributed by atoms with Gasteiger partial charge in [-0.2, -0.15) is 0 Å². The largest absolute Gasteiger partial charge is 0.493 e. The summed E-state index contributed by atoms with van der Waals surface area (Å²) in [4.78, 5) is 20.5. The molecule has 1 saturated carbocycles. The Labute approximate surface area is 185 Å². The lowest BCUT2D eigenvalue weighted by Gasteiger charge is -2.23. The Morgan fingerprint density at radius 1 is 1.03 bits per heavy atom. The lowest BCUT2D eigenvalue weighted by molar-refractivity contribution is -0.120. The van der Waals surface area contributed by atoms with Crippen molar-refractivity contribution in [3.05, 3.63) is 61.1 Å². The first kappa shape index (κ1) is 20.1. The smallest absolute Gasteiger partial charge is 0.169 e. The van der Waals surface area contributed by atoms with Gasteiger partial charge in [-0.15, -0.1) is 0 Å². The number of ketones is 1. The molecule has 2 aromatic carbocycles. The van der Waals surface area contributed by atoms with Crippen LogP contribution in [0.25, 0.3) is 22.2 Å². The van der Waals surface area contributed by atoms with E-state index in [9.17, 15) is 4.79 Å². The second kappa shape index (κ2) is 8.34. The van der Waals surface area contributed by atoms with Crippen molar-refractivity contribution in [2.24, 2.45) is 0 Å². The van der Waals surface area contributed by atoms with Crippen LogP contribution in [0.3, 0.4) is 0 Å². The number of benzene rings is 2. The summed E-state index contributed by atoms with van der Waals surface area (Å²) in [7, 11) is 1.62. The number of nitrogen functional groups attached to an aromatic ring is 1. The molecule has 0 atom stereocenters. The Morgan fingerprint density at radius 3 is 2.56 bits per heavy atom. The number of carbonyl (C=O) groups excluding carboxylic acids is 1. The summed E-state index contributed by atoms with van der Waals surface area (Å²) in [6.07, 6.45) is 6.36. The minimum absolute atomic E-state index is 0.209. The highest BCUT2D eigenvalue weighted by molar-refractivity contribution is 6.01. The van der Waals surface area contributed by atoms with Crippen LogP contribution in [-0.2, 0) is 4.79 Å². The number of carbonyl (C=O) groups is 1. The number of nitrogens with zero attached hydrogens (tertiary/aromatic N) is 3. The van der Waals surface area contributed by atoms with Crippen LogP contribution in [0.5, 0.6) is 17.2 Å². The van der Waals surface area contributed by atoms with Gasteiger partial charge in [0.2, 0.25) is 0 Å². The van der Waals surface area contributed by atoms with Crippen LogP contribution in [-0.4, -0.2) is 27.4 Å². The number of methoxy groups -OCH3 is 1. The fraction of sp³-hybridized carbons (Fsp3) is 0.240. The molecule has 2 aromatic heterocycles. The van der Waals surface area contributed by atoms with Crippen molar-refractivity contribution in [2.75, 3.05) is 12.8 Å². The highest BCUT2D eigenvalue weighted by Gasteiger charge is 2.25. The fourth-order valence-corrected chi connectivity index (χ4v) is 4.34. The third-order valence-electron chi connectivity index (χ3n) is 5.99. The first-order chi connectivity index (χ1) is 15.6. The van der Waals surface area contributed by atoms with Gasteiger partial charge in [-0.1, -0.05) is 24.3 Å². The molecule has 4 aromatic rings. The minimum Gasteiger partial charge on any atom is -0.493 e. The van der Waals surface area contributed by atoms with E-state index >= 15 is 0 Å². The zero-order chi connectivity index (χ0) is 22.1. The average Bonchev–Trinajstić information content (AvgIpc) is 3.21. The lowest BCUT2D eigenvalue weighted by Crippen LogP contribution is -2.17. The molecule has 5 rings (SSSR count). The monoisotopic (exact) mass is 428 g/mol. The number of hydrogen-bond acceptors (Lipinski definition) is 6. The Balaban J connectivity index is 1.57. The van der Waals surface area contributed by atoms with Crippen molar-refractivity contribution in [3.8, 4) is 28.4 Å². The molecular formula is C25H24N4O3. The van der Waals surface area contributed by atoms with Crippen molar-refractivity contribution >= 4 is 22.6 Å². The van der Waals surface area contributed by atoms with E-state index in [0.29, 0.717) is 35.9 Å². The van der Waals surface area contributed by atoms with E-state index in [1.165, 1.54) is 6.33 Å². The number of aromatic nitrogens is 3. The molecule has 0 saturated heterocycles. The van der Waals surface area contributed by atoms with Crippen molar-refractivity contribution in [1.82, 2.24) is 14.5 Å². The van der Waals surface area contributed by atoms with Crippen molar-refractivity contribution in [2.45, 2.75) is 31.7 Å². The molecule has 1 aliphatic carbocycles. The quantitative estimate of drug-likeness (QED) is 0.472. The van der Waals surface area contributed by atoms with E-state index in [1.54, 1.807) is 7.11 Å². The fourth-order valence-electron chi connectivity index (χ4n) is 4.34. The van der Waals surface area contributed by atoms with Crippen molar-refractivity contribution < 1.29 is 14.3 Å². The maximum Gasteiger partial charge on any atom is 0.169 e. The van der Waals surface area contributed by atoms with Crippen LogP contribution in [0.1, 0.15) is 31.7 Å². The molecule has 7 heteroatoms. The number of rotatable bonds is 5. The van der Waals surface area contributed by atoms with Crippen LogP contribution in [0.15, 0.2) is 61.1 Å². The zero-order valence-electron chi connectivity index (χ0n) is 17.8. The molecule has 2 N–H and O–H groups in total. The molecule has 1 aliphatic rings. The second-order valence-electron chi connectivity index (χ2n) is 7.96. The molecule has 7 nitrogen and oxygen atoms in total. The Kier molecular flexibility index (Phi) is 5.23. The van der Waals surface area contributed by atoms with E-state index in [0.717, 1.165) is 40.8 Å². The summed E-state index contributed by atoms with van der Waals surface area (Å²) in [5.74, 6) is 2.73. The van der Waals surface area contributed by atoms with Crippen LogP contribution in [0.4, 0.5) is 5.82 Å². The topological polar surface area (TPSA) is 92.3 Å². The van der Waals surface area contributed by atoms with Gasteiger partial charge in [0.15, 0.2) is 11.5 Å². The van der Waals surface area contributed by atoms with Gasteiger partial charge in [0.25, 0.3) is 0 Å². The van der Waals surface area contributed by atoms with Gasteiger partial charge >= 0.3 is 0 Å². The van der Waals surface area contributed by atoms with Gasteiger partial charge in [0.1, 0.15) is 29.3 Å². The van der Waals surface area contributed by atoms with E-state index < -0.39 is 0 Å². The van der Waals surface area contributed by atoms with Gasteiger partial charge in [-0.3, -0.25) is 4.79 Å². The average molecular weight is 428 g/mol. The summed E-state index contributed by atoms with van der Waals surface area (Å²) in [5, 5.41) is 0.809.